The van der Waals surface area contributed by atoms with Crippen LogP contribution in [0.5, 0.6) is 0 Å². The third kappa shape index (κ3) is 4.46. The van der Waals surface area contributed by atoms with Gasteiger partial charge in [-0.05, 0) is 18.4 Å². The fourth-order valence-corrected chi connectivity index (χ4v) is 1.87. The number of rotatable bonds is 8. The van der Waals surface area contributed by atoms with E-state index < -0.39 is 0 Å². The van der Waals surface area contributed by atoms with Crippen LogP contribution in [-0.4, -0.2) is 30.5 Å². The smallest absolute Gasteiger partial charge is 0.0841 e. The van der Waals surface area contributed by atoms with Crippen molar-refractivity contribution in [1.82, 2.24) is 0 Å². The topological polar surface area (TPSA) is 55.5 Å². The van der Waals surface area contributed by atoms with Gasteiger partial charge in [0.05, 0.1) is 5.60 Å². The Morgan fingerprint density at radius 2 is 2.00 bits per heavy atom. The van der Waals surface area contributed by atoms with E-state index in [-0.39, 0.29) is 12.2 Å². The maximum absolute atomic E-state index is 8.79. The summed E-state index contributed by atoms with van der Waals surface area (Å²) in [6, 6.07) is 10.2. The molecule has 3 nitrogen and oxygen atoms in total. The second kappa shape index (κ2) is 7.43. The lowest BCUT2D eigenvalue weighted by molar-refractivity contribution is -0.0456. The van der Waals surface area contributed by atoms with Crippen molar-refractivity contribution in [2.75, 3.05) is 19.8 Å². The van der Waals surface area contributed by atoms with Crippen LogP contribution in [0.1, 0.15) is 25.3 Å². The van der Waals surface area contributed by atoms with Crippen LogP contribution < -0.4 is 5.73 Å². The first kappa shape index (κ1) is 14.2. The third-order valence-electron chi connectivity index (χ3n) is 3.10. The number of aliphatic hydroxyl groups excluding tert-OH is 1. The summed E-state index contributed by atoms with van der Waals surface area (Å²) in [5.41, 5.74) is 6.81. The first-order valence-electron chi connectivity index (χ1n) is 6.25. The lowest BCUT2D eigenvalue weighted by Crippen LogP contribution is -2.42. The molecule has 96 valence electrons. The van der Waals surface area contributed by atoms with Crippen molar-refractivity contribution in [3.8, 4) is 0 Å². The largest absolute Gasteiger partial charge is 0.396 e. The van der Waals surface area contributed by atoms with E-state index in [1.54, 1.807) is 0 Å². The Morgan fingerprint density at radius 1 is 1.29 bits per heavy atom. The second-order valence-electron chi connectivity index (χ2n) is 4.33. The molecular weight excluding hydrogens is 214 g/mol. The van der Waals surface area contributed by atoms with Gasteiger partial charge in [-0.25, -0.2) is 0 Å². The molecule has 1 aromatic rings. The van der Waals surface area contributed by atoms with Gasteiger partial charge in [-0.3, -0.25) is 0 Å². The van der Waals surface area contributed by atoms with Gasteiger partial charge < -0.3 is 15.6 Å². The average molecular weight is 237 g/mol. The molecule has 0 amide bonds. The van der Waals surface area contributed by atoms with Crippen molar-refractivity contribution in [2.24, 2.45) is 5.73 Å². The van der Waals surface area contributed by atoms with Gasteiger partial charge in [0.1, 0.15) is 0 Å². The highest BCUT2D eigenvalue weighted by atomic mass is 16.5. The highest BCUT2D eigenvalue weighted by molar-refractivity contribution is 5.17. The average Bonchev–Trinajstić information content (AvgIpc) is 2.39. The predicted octanol–water partition coefficient (Wildman–Crippen LogP) is 1.74. The van der Waals surface area contributed by atoms with Crippen LogP contribution in [0.25, 0.3) is 0 Å². The van der Waals surface area contributed by atoms with Crippen LogP contribution in [0.3, 0.4) is 0 Å². The van der Waals surface area contributed by atoms with Gasteiger partial charge in [-0.15, -0.1) is 0 Å². The normalized spacial score (nSPS) is 14.5. The third-order valence-corrected chi connectivity index (χ3v) is 3.10. The molecule has 1 unspecified atom stereocenters. The van der Waals surface area contributed by atoms with Gasteiger partial charge >= 0.3 is 0 Å². The zero-order valence-corrected chi connectivity index (χ0v) is 10.6. The van der Waals surface area contributed by atoms with Crippen LogP contribution in [0.2, 0.25) is 0 Å². The van der Waals surface area contributed by atoms with Gasteiger partial charge in [0.25, 0.3) is 0 Å². The Labute approximate surface area is 104 Å². The minimum atomic E-state index is -0.295. The quantitative estimate of drug-likeness (QED) is 0.677. The van der Waals surface area contributed by atoms with E-state index in [2.05, 4.69) is 19.1 Å². The lowest BCUT2D eigenvalue weighted by atomic mass is 9.91. The SMILES string of the molecule is CCC(CN)(Cc1ccccc1)OCCCO. The lowest BCUT2D eigenvalue weighted by Gasteiger charge is -2.32. The molecule has 1 aromatic carbocycles. The minimum Gasteiger partial charge on any atom is -0.396 e. The van der Waals surface area contributed by atoms with E-state index in [4.69, 9.17) is 15.6 Å². The van der Waals surface area contributed by atoms with Crippen molar-refractivity contribution in [1.29, 1.82) is 0 Å². The van der Waals surface area contributed by atoms with E-state index >= 15 is 0 Å². The number of ether oxygens (including phenoxy) is 1. The summed E-state index contributed by atoms with van der Waals surface area (Å²) in [4.78, 5) is 0. The van der Waals surface area contributed by atoms with Crippen LogP contribution in [-0.2, 0) is 11.2 Å². The number of nitrogens with two attached hydrogens (primary N) is 1. The van der Waals surface area contributed by atoms with E-state index in [0.29, 0.717) is 19.6 Å². The molecule has 0 radical (unpaired) electrons. The first-order chi connectivity index (χ1) is 8.26. The van der Waals surface area contributed by atoms with Crippen molar-refractivity contribution < 1.29 is 9.84 Å². The van der Waals surface area contributed by atoms with Crippen LogP contribution in [0.15, 0.2) is 30.3 Å². The Kier molecular flexibility index (Phi) is 6.19. The Hall–Kier alpha value is -0.900. The molecule has 0 aromatic heterocycles. The standard InChI is InChI=1S/C14H23NO2/c1-2-14(12-15,17-10-6-9-16)11-13-7-4-3-5-8-13/h3-5,7-8,16H,2,6,9-12,15H2,1H3. The molecular formula is C14H23NO2. The highest BCUT2D eigenvalue weighted by Crippen LogP contribution is 2.21. The summed E-state index contributed by atoms with van der Waals surface area (Å²) in [6.07, 6.45) is 2.37. The maximum atomic E-state index is 8.79. The summed E-state index contributed by atoms with van der Waals surface area (Å²) >= 11 is 0. The first-order valence-corrected chi connectivity index (χ1v) is 6.25. The fourth-order valence-electron chi connectivity index (χ4n) is 1.87. The van der Waals surface area contributed by atoms with Gasteiger partial charge in [-0.2, -0.15) is 0 Å². The molecule has 0 saturated carbocycles. The molecule has 1 atom stereocenters. The zero-order valence-electron chi connectivity index (χ0n) is 10.6. The minimum absolute atomic E-state index is 0.162. The molecule has 0 aliphatic heterocycles. The summed E-state index contributed by atoms with van der Waals surface area (Å²) in [5, 5.41) is 8.79. The molecule has 1 rings (SSSR count). The fraction of sp³-hybridized carbons (Fsp3) is 0.571. The second-order valence-corrected chi connectivity index (χ2v) is 4.33. The maximum Gasteiger partial charge on any atom is 0.0841 e. The molecule has 0 fully saturated rings. The highest BCUT2D eigenvalue weighted by Gasteiger charge is 2.27. The number of aliphatic hydroxyl groups is 1. The number of benzene rings is 1. The molecule has 0 heterocycles. The van der Waals surface area contributed by atoms with Gasteiger partial charge in [-0.1, -0.05) is 37.3 Å². The van der Waals surface area contributed by atoms with Crippen molar-refractivity contribution >= 4 is 0 Å². The van der Waals surface area contributed by atoms with E-state index in [1.165, 1.54) is 5.56 Å². The molecule has 17 heavy (non-hydrogen) atoms. The van der Waals surface area contributed by atoms with Crippen molar-refractivity contribution in [3.05, 3.63) is 35.9 Å². The predicted molar refractivity (Wildman–Crippen MR) is 69.9 cm³/mol. The van der Waals surface area contributed by atoms with Gasteiger partial charge in [0.15, 0.2) is 0 Å². The molecule has 3 N–H and O–H groups in total. The Balaban J connectivity index is 2.63. The molecule has 0 bridgehead atoms. The summed E-state index contributed by atoms with van der Waals surface area (Å²) in [7, 11) is 0. The summed E-state index contributed by atoms with van der Waals surface area (Å²) < 4.78 is 5.89. The zero-order chi connectivity index (χ0) is 12.6. The van der Waals surface area contributed by atoms with Crippen LogP contribution in [0, 0.1) is 0 Å². The molecule has 3 heteroatoms. The van der Waals surface area contributed by atoms with E-state index in [9.17, 15) is 0 Å². The Bertz CT molecular complexity index is 296. The molecule has 0 aliphatic rings. The molecule has 0 saturated heterocycles. The summed E-state index contributed by atoms with van der Waals surface area (Å²) in [6.45, 7) is 3.32. The molecule has 0 aliphatic carbocycles. The van der Waals surface area contributed by atoms with Crippen LogP contribution >= 0.6 is 0 Å². The van der Waals surface area contributed by atoms with Gasteiger partial charge in [0, 0.05) is 26.2 Å². The summed E-state index contributed by atoms with van der Waals surface area (Å²) in [5.74, 6) is 0. The number of hydrogen-bond acceptors (Lipinski definition) is 3. The molecule has 0 spiro atoms. The number of hydrogen-bond donors (Lipinski definition) is 2. The van der Waals surface area contributed by atoms with Gasteiger partial charge in [0.2, 0.25) is 0 Å². The van der Waals surface area contributed by atoms with E-state index in [0.717, 1.165) is 12.8 Å². The van der Waals surface area contributed by atoms with E-state index in [1.807, 2.05) is 18.2 Å². The Morgan fingerprint density at radius 3 is 2.53 bits per heavy atom. The van der Waals surface area contributed by atoms with Crippen molar-refractivity contribution in [2.45, 2.75) is 31.8 Å². The van der Waals surface area contributed by atoms with Crippen molar-refractivity contribution in [3.63, 3.8) is 0 Å². The van der Waals surface area contributed by atoms with Crippen LogP contribution in [0.4, 0.5) is 0 Å². The monoisotopic (exact) mass is 237 g/mol.